The van der Waals surface area contributed by atoms with Gasteiger partial charge in [-0.15, -0.1) is 0 Å². The molecule has 0 amide bonds. The lowest BCUT2D eigenvalue weighted by Crippen LogP contribution is -2.41. The molecule has 2 aliphatic carbocycles. The number of rotatable bonds is 2. The molecule has 5 atom stereocenters. The number of hydrogen-bond acceptors (Lipinski definition) is 2. The van der Waals surface area contributed by atoms with Crippen molar-refractivity contribution in [2.24, 2.45) is 28.6 Å². The summed E-state index contributed by atoms with van der Waals surface area (Å²) in [5.74, 6) is 1.60. The van der Waals surface area contributed by atoms with Crippen LogP contribution in [-0.2, 0) is 0 Å². The first-order chi connectivity index (χ1) is 7.31. The van der Waals surface area contributed by atoms with Crippen molar-refractivity contribution in [1.82, 2.24) is 0 Å². The first kappa shape index (κ1) is 12.4. The van der Waals surface area contributed by atoms with E-state index in [1.54, 1.807) is 0 Å². The lowest BCUT2D eigenvalue weighted by atomic mass is 9.68. The molecule has 94 valence electrons. The fourth-order valence-corrected chi connectivity index (χ4v) is 4.52. The van der Waals surface area contributed by atoms with Crippen LogP contribution in [0.5, 0.6) is 0 Å². The minimum Gasteiger partial charge on any atom is -0.396 e. The van der Waals surface area contributed by atoms with Gasteiger partial charge in [-0.25, -0.2) is 0 Å². The largest absolute Gasteiger partial charge is 0.396 e. The number of fused-ring (bicyclic) bond motifs is 1. The predicted molar refractivity (Wildman–Crippen MR) is 65.0 cm³/mol. The Kier molecular flexibility index (Phi) is 2.87. The molecule has 2 N–H and O–H groups in total. The summed E-state index contributed by atoms with van der Waals surface area (Å²) in [5.41, 5.74) is 0.346. The van der Waals surface area contributed by atoms with Gasteiger partial charge in [0.15, 0.2) is 0 Å². The van der Waals surface area contributed by atoms with Crippen LogP contribution in [-0.4, -0.2) is 22.9 Å². The maximum Gasteiger partial charge on any atom is 0.0571 e. The molecule has 2 heteroatoms. The van der Waals surface area contributed by atoms with Gasteiger partial charge in [0.25, 0.3) is 0 Å². The minimum atomic E-state index is -0.312. The lowest BCUT2D eigenvalue weighted by Gasteiger charge is -2.39. The van der Waals surface area contributed by atoms with Gasteiger partial charge in [-0.2, -0.15) is 0 Å². The molecule has 0 radical (unpaired) electrons. The minimum absolute atomic E-state index is 0.0762. The Morgan fingerprint density at radius 3 is 2.38 bits per heavy atom. The van der Waals surface area contributed by atoms with Crippen molar-refractivity contribution in [2.45, 2.75) is 53.1 Å². The van der Waals surface area contributed by atoms with E-state index in [0.29, 0.717) is 23.2 Å². The second-order valence-corrected chi connectivity index (χ2v) is 7.10. The van der Waals surface area contributed by atoms with E-state index in [0.717, 1.165) is 6.42 Å². The van der Waals surface area contributed by atoms with Crippen molar-refractivity contribution >= 4 is 0 Å². The van der Waals surface area contributed by atoms with Crippen LogP contribution in [0.1, 0.15) is 47.0 Å². The van der Waals surface area contributed by atoms with Crippen molar-refractivity contribution in [2.75, 3.05) is 6.61 Å². The smallest absolute Gasteiger partial charge is 0.0571 e. The third kappa shape index (κ3) is 1.62. The van der Waals surface area contributed by atoms with Crippen LogP contribution in [0.15, 0.2) is 0 Å². The fourth-order valence-electron chi connectivity index (χ4n) is 4.52. The Labute approximate surface area is 99.1 Å². The fraction of sp³-hybridized carbons (Fsp3) is 1.00. The molecule has 0 aromatic rings. The monoisotopic (exact) mass is 226 g/mol. The summed E-state index contributed by atoms with van der Waals surface area (Å²) in [6.45, 7) is 8.99. The Hall–Kier alpha value is -0.0800. The van der Waals surface area contributed by atoms with Gasteiger partial charge in [0.1, 0.15) is 0 Å². The molecule has 2 unspecified atom stereocenters. The van der Waals surface area contributed by atoms with E-state index in [1.807, 2.05) is 6.92 Å². The molecule has 0 saturated heterocycles. The topological polar surface area (TPSA) is 40.5 Å². The second kappa shape index (κ2) is 3.71. The molecule has 16 heavy (non-hydrogen) atoms. The van der Waals surface area contributed by atoms with E-state index >= 15 is 0 Å². The Balaban J connectivity index is 2.27. The molecule has 0 heterocycles. The van der Waals surface area contributed by atoms with Crippen LogP contribution in [0.25, 0.3) is 0 Å². The molecule has 0 aromatic heterocycles. The van der Waals surface area contributed by atoms with E-state index in [2.05, 4.69) is 20.8 Å². The van der Waals surface area contributed by atoms with Gasteiger partial charge in [0.2, 0.25) is 0 Å². The maximum absolute atomic E-state index is 10.1. The molecule has 0 spiro atoms. The van der Waals surface area contributed by atoms with Crippen molar-refractivity contribution in [1.29, 1.82) is 0 Å². The summed E-state index contributed by atoms with van der Waals surface area (Å²) in [6, 6.07) is 0. The van der Waals surface area contributed by atoms with Crippen LogP contribution >= 0.6 is 0 Å². The molecular formula is C14H26O2. The zero-order chi connectivity index (χ0) is 12.1. The summed E-state index contributed by atoms with van der Waals surface area (Å²) < 4.78 is 0. The van der Waals surface area contributed by atoms with E-state index in [-0.39, 0.29) is 18.1 Å². The standard InChI is InChI=1S/C14H26O2/c1-9(16)14(4)11(8-15)5-10-6-13(2,3)7-12(10)14/h9-12,15-16H,5-8H2,1-4H3/t9?,10-,11?,12+,14+/m0/s1. The molecule has 2 fully saturated rings. The van der Waals surface area contributed by atoms with Gasteiger partial charge in [0, 0.05) is 12.0 Å². The highest BCUT2D eigenvalue weighted by atomic mass is 16.3. The summed E-state index contributed by atoms with van der Waals surface area (Å²) in [5, 5.41) is 19.6. The normalized spacial score (nSPS) is 48.0. The first-order valence-corrected chi connectivity index (χ1v) is 6.60. The number of aliphatic hydroxyl groups is 2. The summed E-state index contributed by atoms with van der Waals surface area (Å²) >= 11 is 0. The zero-order valence-electron chi connectivity index (χ0n) is 11.0. The molecule has 2 rings (SSSR count). The van der Waals surface area contributed by atoms with Gasteiger partial charge in [-0.3, -0.25) is 0 Å². The zero-order valence-corrected chi connectivity index (χ0v) is 11.0. The highest BCUT2D eigenvalue weighted by Crippen LogP contribution is 2.63. The van der Waals surface area contributed by atoms with Gasteiger partial charge >= 0.3 is 0 Å². The van der Waals surface area contributed by atoms with E-state index in [4.69, 9.17) is 0 Å². The number of hydrogen-bond donors (Lipinski definition) is 2. The molecule has 2 nitrogen and oxygen atoms in total. The predicted octanol–water partition coefficient (Wildman–Crippen LogP) is 2.44. The van der Waals surface area contributed by atoms with E-state index < -0.39 is 0 Å². The lowest BCUT2D eigenvalue weighted by molar-refractivity contribution is -0.0320. The Bertz CT molecular complexity index is 272. The van der Waals surface area contributed by atoms with Gasteiger partial charge in [-0.1, -0.05) is 20.8 Å². The quantitative estimate of drug-likeness (QED) is 0.759. The average Bonchev–Trinajstić information content (AvgIpc) is 2.59. The average molecular weight is 226 g/mol. The van der Waals surface area contributed by atoms with Crippen molar-refractivity contribution < 1.29 is 10.2 Å². The molecule has 2 saturated carbocycles. The van der Waals surface area contributed by atoms with Crippen LogP contribution in [0.3, 0.4) is 0 Å². The molecule has 0 aromatic carbocycles. The highest BCUT2D eigenvalue weighted by Gasteiger charge is 2.58. The van der Waals surface area contributed by atoms with E-state index in [1.165, 1.54) is 12.8 Å². The molecule has 0 aliphatic heterocycles. The van der Waals surface area contributed by atoms with Crippen LogP contribution in [0.2, 0.25) is 0 Å². The third-order valence-corrected chi connectivity index (χ3v) is 5.54. The van der Waals surface area contributed by atoms with Crippen LogP contribution in [0, 0.1) is 28.6 Å². The van der Waals surface area contributed by atoms with Gasteiger partial charge in [-0.05, 0) is 49.4 Å². The van der Waals surface area contributed by atoms with Crippen LogP contribution < -0.4 is 0 Å². The Morgan fingerprint density at radius 1 is 1.25 bits per heavy atom. The first-order valence-electron chi connectivity index (χ1n) is 6.60. The maximum atomic E-state index is 10.1. The van der Waals surface area contributed by atoms with Crippen molar-refractivity contribution in [3.8, 4) is 0 Å². The summed E-state index contributed by atoms with van der Waals surface area (Å²) in [4.78, 5) is 0. The van der Waals surface area contributed by atoms with Crippen LogP contribution in [0.4, 0.5) is 0 Å². The molecular weight excluding hydrogens is 200 g/mol. The van der Waals surface area contributed by atoms with Gasteiger partial charge in [0.05, 0.1) is 6.10 Å². The SMILES string of the molecule is CC(O)[C@]1(C)C(CO)C[C@H]2CC(C)(C)C[C@H]21. The Morgan fingerprint density at radius 2 is 1.88 bits per heavy atom. The van der Waals surface area contributed by atoms with Crippen molar-refractivity contribution in [3.63, 3.8) is 0 Å². The van der Waals surface area contributed by atoms with Gasteiger partial charge < -0.3 is 10.2 Å². The summed E-state index contributed by atoms with van der Waals surface area (Å²) in [6.07, 6.45) is 3.26. The van der Waals surface area contributed by atoms with Crippen molar-refractivity contribution in [3.05, 3.63) is 0 Å². The summed E-state index contributed by atoms with van der Waals surface area (Å²) in [7, 11) is 0. The molecule has 2 aliphatic rings. The number of aliphatic hydroxyl groups excluding tert-OH is 2. The highest BCUT2D eigenvalue weighted by molar-refractivity contribution is 5.07. The molecule has 0 bridgehead atoms. The van der Waals surface area contributed by atoms with E-state index in [9.17, 15) is 10.2 Å². The third-order valence-electron chi connectivity index (χ3n) is 5.54. The second-order valence-electron chi connectivity index (χ2n) is 7.10.